The smallest absolute Gasteiger partial charge is 0.270 e. The van der Waals surface area contributed by atoms with E-state index in [4.69, 9.17) is 15.7 Å². The molecule has 1 saturated heterocycles. The lowest BCUT2D eigenvalue weighted by atomic mass is 10.2. The van der Waals surface area contributed by atoms with Crippen LogP contribution in [0.1, 0.15) is 17.4 Å². The first-order valence-corrected chi connectivity index (χ1v) is 5.91. The Kier molecular flexibility index (Phi) is 3.53. The highest BCUT2D eigenvalue weighted by Crippen LogP contribution is 2.15. The molecule has 1 fully saturated rings. The molecule has 6 nitrogen and oxygen atoms in total. The van der Waals surface area contributed by atoms with Crippen LogP contribution < -0.4 is 5.73 Å². The quantitative estimate of drug-likeness (QED) is 0.823. The second-order valence-electron chi connectivity index (χ2n) is 4.18. The average molecular weight is 248 g/mol. The van der Waals surface area contributed by atoms with Gasteiger partial charge in [-0.25, -0.2) is 0 Å². The lowest BCUT2D eigenvalue weighted by Crippen LogP contribution is -2.45. The van der Waals surface area contributed by atoms with Crippen LogP contribution in [-0.2, 0) is 11.3 Å². The summed E-state index contributed by atoms with van der Waals surface area (Å²) in [5.74, 6) is -0.0999. The minimum Gasteiger partial charge on any atom is -0.397 e. The number of nitrogens with two attached hydrogens (primary N) is 1. The molecule has 96 valence electrons. The Morgan fingerprint density at radius 2 is 2.50 bits per heavy atom. The predicted octanol–water partition coefficient (Wildman–Crippen LogP) is 0.455. The Morgan fingerprint density at radius 3 is 3.17 bits per heavy atom. The van der Waals surface area contributed by atoms with Crippen molar-refractivity contribution < 1.29 is 9.53 Å². The van der Waals surface area contributed by atoms with E-state index in [0.717, 1.165) is 0 Å². The summed E-state index contributed by atoms with van der Waals surface area (Å²) in [5.41, 5.74) is 6.85. The van der Waals surface area contributed by atoms with E-state index in [1.807, 2.05) is 17.6 Å². The molecule has 2 rings (SSSR count). The Balaban J connectivity index is 2.18. The van der Waals surface area contributed by atoms with Crippen molar-refractivity contribution in [2.75, 3.05) is 25.4 Å². The predicted molar refractivity (Wildman–Crippen MR) is 65.8 cm³/mol. The third-order valence-corrected chi connectivity index (χ3v) is 2.98. The van der Waals surface area contributed by atoms with Crippen LogP contribution in [0.2, 0.25) is 0 Å². The van der Waals surface area contributed by atoms with E-state index in [2.05, 4.69) is 0 Å². The first-order chi connectivity index (χ1) is 8.65. The van der Waals surface area contributed by atoms with Crippen molar-refractivity contribution in [1.82, 2.24) is 9.47 Å². The molecule has 0 bridgehead atoms. The van der Waals surface area contributed by atoms with Crippen LogP contribution in [0.5, 0.6) is 0 Å². The van der Waals surface area contributed by atoms with Crippen molar-refractivity contribution >= 4 is 11.6 Å². The SMILES string of the molecule is CCn1cc(N)cc1C(=O)N1CCOC(C#N)C1. The molecule has 1 aromatic heterocycles. The van der Waals surface area contributed by atoms with Crippen molar-refractivity contribution in [2.45, 2.75) is 19.6 Å². The van der Waals surface area contributed by atoms with Crippen LogP contribution in [0.3, 0.4) is 0 Å². The summed E-state index contributed by atoms with van der Waals surface area (Å²) in [6.07, 6.45) is 1.21. The number of amides is 1. The summed E-state index contributed by atoms with van der Waals surface area (Å²) in [6.45, 7) is 3.85. The number of nitrogen functional groups attached to an aromatic ring is 1. The highest BCUT2D eigenvalue weighted by atomic mass is 16.5. The van der Waals surface area contributed by atoms with E-state index < -0.39 is 6.10 Å². The van der Waals surface area contributed by atoms with Crippen molar-refractivity contribution in [3.63, 3.8) is 0 Å². The van der Waals surface area contributed by atoms with Crippen LogP contribution in [0, 0.1) is 11.3 Å². The van der Waals surface area contributed by atoms with Gasteiger partial charge in [0.15, 0.2) is 6.10 Å². The average Bonchev–Trinajstić information content (AvgIpc) is 2.79. The molecular weight excluding hydrogens is 232 g/mol. The summed E-state index contributed by atoms with van der Waals surface area (Å²) in [6, 6.07) is 3.70. The molecule has 0 aliphatic carbocycles. The van der Waals surface area contributed by atoms with Crippen molar-refractivity contribution in [1.29, 1.82) is 5.26 Å². The first-order valence-electron chi connectivity index (χ1n) is 5.91. The van der Waals surface area contributed by atoms with Crippen molar-refractivity contribution in [3.8, 4) is 6.07 Å². The van der Waals surface area contributed by atoms with Gasteiger partial charge in [-0.2, -0.15) is 5.26 Å². The molecule has 1 aliphatic heterocycles. The van der Waals surface area contributed by atoms with E-state index in [9.17, 15) is 4.79 Å². The van der Waals surface area contributed by atoms with Crippen LogP contribution >= 0.6 is 0 Å². The second kappa shape index (κ2) is 5.10. The van der Waals surface area contributed by atoms with Gasteiger partial charge in [0.25, 0.3) is 5.91 Å². The number of nitriles is 1. The number of hydrogen-bond donors (Lipinski definition) is 1. The zero-order valence-corrected chi connectivity index (χ0v) is 10.3. The van der Waals surface area contributed by atoms with Gasteiger partial charge in [0.05, 0.1) is 24.9 Å². The normalized spacial score (nSPS) is 19.6. The van der Waals surface area contributed by atoms with Crippen molar-refractivity contribution in [3.05, 3.63) is 18.0 Å². The van der Waals surface area contributed by atoms with Crippen LogP contribution in [0.25, 0.3) is 0 Å². The van der Waals surface area contributed by atoms with E-state index >= 15 is 0 Å². The molecule has 6 heteroatoms. The number of ether oxygens (including phenoxy) is 1. The molecule has 2 N–H and O–H groups in total. The maximum absolute atomic E-state index is 12.3. The fourth-order valence-electron chi connectivity index (χ4n) is 2.05. The Bertz CT molecular complexity index is 489. The van der Waals surface area contributed by atoms with Crippen molar-refractivity contribution in [2.24, 2.45) is 0 Å². The number of aryl methyl sites for hydroxylation is 1. The number of anilines is 1. The minimum absolute atomic E-state index is 0.0999. The van der Waals surface area contributed by atoms with E-state index in [1.54, 1.807) is 17.2 Å². The second-order valence-corrected chi connectivity index (χ2v) is 4.18. The van der Waals surface area contributed by atoms with Gasteiger partial charge in [0.2, 0.25) is 0 Å². The molecule has 1 aromatic rings. The lowest BCUT2D eigenvalue weighted by molar-refractivity contribution is 0.00300. The van der Waals surface area contributed by atoms with E-state index in [1.165, 1.54) is 0 Å². The number of morpholine rings is 1. The molecule has 0 aromatic carbocycles. The molecule has 2 heterocycles. The van der Waals surface area contributed by atoms with Gasteiger partial charge in [0.1, 0.15) is 5.69 Å². The standard InChI is InChI=1S/C12H16N4O2/c1-2-15-7-9(14)5-11(15)12(17)16-3-4-18-10(6-13)8-16/h5,7,10H,2-4,8,14H2,1H3. The highest BCUT2D eigenvalue weighted by Gasteiger charge is 2.26. The molecule has 1 amide bonds. The Labute approximate surface area is 106 Å². The van der Waals surface area contributed by atoms with Crippen LogP contribution in [0.15, 0.2) is 12.3 Å². The molecule has 0 spiro atoms. The third kappa shape index (κ3) is 2.31. The summed E-state index contributed by atoms with van der Waals surface area (Å²) in [4.78, 5) is 14.0. The van der Waals surface area contributed by atoms with Gasteiger partial charge in [-0.3, -0.25) is 4.79 Å². The molecule has 1 unspecified atom stereocenters. The molecule has 1 atom stereocenters. The summed E-state index contributed by atoms with van der Waals surface area (Å²) in [5, 5.41) is 8.83. The summed E-state index contributed by atoms with van der Waals surface area (Å²) < 4.78 is 7.03. The number of carbonyl (C=O) groups is 1. The maximum Gasteiger partial charge on any atom is 0.270 e. The number of rotatable bonds is 2. The van der Waals surface area contributed by atoms with Gasteiger partial charge in [-0.1, -0.05) is 0 Å². The minimum atomic E-state index is -0.537. The fraction of sp³-hybridized carbons (Fsp3) is 0.500. The lowest BCUT2D eigenvalue weighted by Gasteiger charge is -2.29. The highest BCUT2D eigenvalue weighted by molar-refractivity contribution is 5.94. The van der Waals surface area contributed by atoms with E-state index in [0.29, 0.717) is 37.6 Å². The van der Waals surface area contributed by atoms with Gasteiger partial charge in [-0.15, -0.1) is 0 Å². The summed E-state index contributed by atoms with van der Waals surface area (Å²) >= 11 is 0. The number of carbonyl (C=O) groups excluding carboxylic acids is 1. The zero-order valence-electron chi connectivity index (χ0n) is 10.3. The number of hydrogen-bond acceptors (Lipinski definition) is 4. The van der Waals surface area contributed by atoms with Gasteiger partial charge < -0.3 is 19.9 Å². The van der Waals surface area contributed by atoms with Gasteiger partial charge >= 0.3 is 0 Å². The Hall–Kier alpha value is -2.00. The van der Waals surface area contributed by atoms with Gasteiger partial charge in [-0.05, 0) is 13.0 Å². The maximum atomic E-state index is 12.3. The molecule has 1 aliphatic rings. The van der Waals surface area contributed by atoms with E-state index in [-0.39, 0.29) is 5.91 Å². The monoisotopic (exact) mass is 248 g/mol. The number of aromatic nitrogens is 1. The molecule has 0 saturated carbocycles. The summed E-state index contributed by atoms with van der Waals surface area (Å²) in [7, 11) is 0. The fourth-order valence-corrected chi connectivity index (χ4v) is 2.05. The Morgan fingerprint density at radius 1 is 1.72 bits per heavy atom. The van der Waals surface area contributed by atoms with Crippen LogP contribution in [0.4, 0.5) is 5.69 Å². The largest absolute Gasteiger partial charge is 0.397 e. The van der Waals surface area contributed by atoms with Crippen LogP contribution in [-0.4, -0.2) is 41.2 Å². The van der Waals surface area contributed by atoms with Gasteiger partial charge in [0, 0.05) is 19.3 Å². The first kappa shape index (κ1) is 12.5. The molecular formula is C12H16N4O2. The number of nitrogens with zero attached hydrogens (tertiary/aromatic N) is 3. The third-order valence-electron chi connectivity index (χ3n) is 2.98. The molecule has 0 radical (unpaired) electrons. The molecule has 18 heavy (non-hydrogen) atoms. The topological polar surface area (TPSA) is 84.3 Å². The zero-order chi connectivity index (χ0) is 13.1.